The van der Waals surface area contributed by atoms with Crippen LogP contribution in [0.4, 0.5) is 5.82 Å². The number of aryl methyl sites for hydroxylation is 1. The highest BCUT2D eigenvalue weighted by atomic mass is 16.2. The number of imide groups is 1. The zero-order valence-electron chi connectivity index (χ0n) is 18.9. The number of amides is 3. The lowest BCUT2D eigenvalue weighted by molar-refractivity contribution is 0.0608. The van der Waals surface area contributed by atoms with Crippen molar-refractivity contribution in [3.8, 4) is 0 Å². The third-order valence-corrected chi connectivity index (χ3v) is 6.27. The Bertz CT molecular complexity index is 1290. The Hall–Kier alpha value is -3.81. The Morgan fingerprint density at radius 3 is 2.18 bits per heavy atom. The Balaban J connectivity index is 1.32. The quantitative estimate of drug-likeness (QED) is 0.579. The second kappa shape index (κ2) is 7.95. The number of aromatic nitrogens is 2. The van der Waals surface area contributed by atoms with Crippen LogP contribution in [0.1, 0.15) is 50.6 Å². The summed E-state index contributed by atoms with van der Waals surface area (Å²) in [5, 5.41) is 0. The first-order valence-corrected chi connectivity index (χ1v) is 11.1. The summed E-state index contributed by atoms with van der Waals surface area (Å²) in [6, 6.07) is 12.4. The molecule has 2 aliphatic heterocycles. The van der Waals surface area contributed by atoms with Crippen LogP contribution in [0.2, 0.25) is 0 Å². The molecule has 3 heterocycles. The third-order valence-electron chi connectivity index (χ3n) is 6.27. The summed E-state index contributed by atoms with van der Waals surface area (Å²) in [7, 11) is 0. The molecule has 8 heteroatoms. The first-order chi connectivity index (χ1) is 15.8. The van der Waals surface area contributed by atoms with Crippen molar-refractivity contribution < 1.29 is 14.4 Å². The van der Waals surface area contributed by atoms with Gasteiger partial charge in [0.1, 0.15) is 0 Å². The lowest BCUT2D eigenvalue weighted by Gasteiger charge is -2.36. The van der Waals surface area contributed by atoms with Gasteiger partial charge in [0.25, 0.3) is 17.7 Å². The summed E-state index contributed by atoms with van der Waals surface area (Å²) < 4.78 is 0. The van der Waals surface area contributed by atoms with E-state index in [0.29, 0.717) is 42.9 Å². The highest BCUT2D eigenvalue weighted by molar-refractivity contribution is 6.22. The minimum absolute atomic E-state index is 0.137. The van der Waals surface area contributed by atoms with Crippen LogP contribution in [0.3, 0.4) is 0 Å². The lowest BCUT2D eigenvalue weighted by Crippen LogP contribution is -2.49. The standard InChI is InChI=1S/C25H25N5O3/c1-15(2)30-24(32)18-9-8-17(14-19(18)25(30)33)23(31)29-12-10-28(11-13-29)22-16(3)26-20-6-4-5-7-21(20)27-22/h4-9,14-15H,10-13H2,1-3H3. The van der Waals surface area contributed by atoms with Crippen LogP contribution < -0.4 is 4.90 Å². The molecule has 168 valence electrons. The number of carbonyl (C=O) groups excluding carboxylic acids is 3. The second-order valence-corrected chi connectivity index (χ2v) is 8.74. The Labute approximate surface area is 191 Å². The molecule has 2 aliphatic rings. The van der Waals surface area contributed by atoms with Crippen molar-refractivity contribution in [1.29, 1.82) is 0 Å². The van der Waals surface area contributed by atoms with Crippen LogP contribution >= 0.6 is 0 Å². The van der Waals surface area contributed by atoms with Crippen LogP contribution in [0.25, 0.3) is 11.0 Å². The van der Waals surface area contributed by atoms with Crippen molar-refractivity contribution in [3.63, 3.8) is 0 Å². The summed E-state index contributed by atoms with van der Waals surface area (Å²) in [5.74, 6) is 0.0672. The number of fused-ring (bicyclic) bond motifs is 2. The molecule has 1 saturated heterocycles. The first-order valence-electron chi connectivity index (χ1n) is 11.1. The molecule has 33 heavy (non-hydrogen) atoms. The number of rotatable bonds is 3. The van der Waals surface area contributed by atoms with Gasteiger partial charge in [0, 0.05) is 37.8 Å². The van der Waals surface area contributed by atoms with Gasteiger partial charge in [0.2, 0.25) is 0 Å². The van der Waals surface area contributed by atoms with E-state index in [1.807, 2.05) is 31.2 Å². The van der Waals surface area contributed by atoms with E-state index >= 15 is 0 Å². The molecule has 8 nitrogen and oxygen atoms in total. The van der Waals surface area contributed by atoms with Crippen LogP contribution in [0.5, 0.6) is 0 Å². The van der Waals surface area contributed by atoms with E-state index in [2.05, 4.69) is 9.88 Å². The summed E-state index contributed by atoms with van der Waals surface area (Å²) in [5.41, 5.74) is 3.68. The van der Waals surface area contributed by atoms with E-state index in [1.54, 1.807) is 36.9 Å². The van der Waals surface area contributed by atoms with Gasteiger partial charge < -0.3 is 9.80 Å². The van der Waals surface area contributed by atoms with E-state index < -0.39 is 0 Å². The average molecular weight is 444 g/mol. The monoisotopic (exact) mass is 443 g/mol. The van der Waals surface area contributed by atoms with Crippen LogP contribution in [-0.2, 0) is 0 Å². The number of para-hydroxylation sites is 2. The van der Waals surface area contributed by atoms with Gasteiger partial charge in [-0.1, -0.05) is 12.1 Å². The minimum Gasteiger partial charge on any atom is -0.352 e. The van der Waals surface area contributed by atoms with Crippen molar-refractivity contribution in [3.05, 3.63) is 64.8 Å². The fourth-order valence-corrected chi connectivity index (χ4v) is 4.54. The van der Waals surface area contributed by atoms with Crippen LogP contribution in [-0.4, -0.2) is 69.7 Å². The molecule has 1 fully saturated rings. The number of piperazine rings is 1. The molecule has 5 rings (SSSR count). The maximum absolute atomic E-state index is 13.2. The number of anilines is 1. The number of hydrogen-bond donors (Lipinski definition) is 0. The smallest absolute Gasteiger partial charge is 0.261 e. The third kappa shape index (κ3) is 3.51. The zero-order valence-corrected chi connectivity index (χ0v) is 18.9. The fraction of sp³-hybridized carbons (Fsp3) is 0.320. The Kier molecular flexibility index (Phi) is 5.08. The lowest BCUT2D eigenvalue weighted by atomic mass is 10.0. The van der Waals surface area contributed by atoms with Gasteiger partial charge in [0.15, 0.2) is 5.82 Å². The number of hydrogen-bond acceptors (Lipinski definition) is 6. The van der Waals surface area contributed by atoms with Gasteiger partial charge in [-0.2, -0.15) is 0 Å². The molecule has 0 N–H and O–H groups in total. The fourth-order valence-electron chi connectivity index (χ4n) is 4.54. The van der Waals surface area contributed by atoms with E-state index in [4.69, 9.17) is 4.98 Å². The SMILES string of the molecule is Cc1nc2ccccc2nc1N1CCN(C(=O)c2ccc3c(c2)C(=O)N(C(C)C)C3=O)CC1. The van der Waals surface area contributed by atoms with E-state index in [1.165, 1.54) is 4.90 Å². The largest absolute Gasteiger partial charge is 0.352 e. The molecular weight excluding hydrogens is 418 g/mol. The molecule has 1 aromatic heterocycles. The predicted octanol–water partition coefficient (Wildman–Crippen LogP) is 2.91. The molecular formula is C25H25N5O3. The van der Waals surface area contributed by atoms with Gasteiger partial charge in [-0.25, -0.2) is 9.97 Å². The highest BCUT2D eigenvalue weighted by Gasteiger charge is 2.38. The first kappa shape index (κ1) is 21.1. The Morgan fingerprint density at radius 1 is 0.879 bits per heavy atom. The van der Waals surface area contributed by atoms with Gasteiger partial charge in [-0.15, -0.1) is 0 Å². The number of carbonyl (C=O) groups is 3. The molecule has 0 atom stereocenters. The van der Waals surface area contributed by atoms with Gasteiger partial charge in [-0.3, -0.25) is 19.3 Å². The molecule has 0 spiro atoms. The minimum atomic E-state index is -0.338. The summed E-state index contributed by atoms with van der Waals surface area (Å²) in [6.45, 7) is 7.91. The van der Waals surface area contributed by atoms with Gasteiger partial charge in [0.05, 0.1) is 27.9 Å². The molecule has 0 aliphatic carbocycles. The molecule has 2 aromatic carbocycles. The van der Waals surface area contributed by atoms with Crippen molar-refractivity contribution in [2.75, 3.05) is 31.1 Å². The Morgan fingerprint density at radius 2 is 1.52 bits per heavy atom. The maximum Gasteiger partial charge on any atom is 0.261 e. The number of benzene rings is 2. The zero-order chi connectivity index (χ0) is 23.3. The van der Waals surface area contributed by atoms with Gasteiger partial charge in [-0.05, 0) is 51.1 Å². The molecule has 0 unspecified atom stereocenters. The topological polar surface area (TPSA) is 86.7 Å². The van der Waals surface area contributed by atoms with Crippen LogP contribution in [0.15, 0.2) is 42.5 Å². The molecule has 0 bridgehead atoms. The summed E-state index contributed by atoms with van der Waals surface area (Å²) in [4.78, 5) is 53.0. The summed E-state index contributed by atoms with van der Waals surface area (Å²) in [6.07, 6.45) is 0. The van der Waals surface area contributed by atoms with Gasteiger partial charge >= 0.3 is 0 Å². The summed E-state index contributed by atoms with van der Waals surface area (Å²) >= 11 is 0. The molecule has 0 radical (unpaired) electrons. The van der Waals surface area contributed by atoms with Crippen LogP contribution in [0, 0.1) is 6.92 Å². The normalized spacial score (nSPS) is 16.2. The second-order valence-electron chi connectivity index (χ2n) is 8.74. The van der Waals surface area contributed by atoms with Crippen molar-refractivity contribution in [2.24, 2.45) is 0 Å². The average Bonchev–Trinajstić information content (AvgIpc) is 3.07. The van der Waals surface area contributed by atoms with E-state index in [-0.39, 0.29) is 23.8 Å². The highest BCUT2D eigenvalue weighted by Crippen LogP contribution is 2.27. The van der Waals surface area contributed by atoms with Crippen molar-refractivity contribution >= 4 is 34.6 Å². The van der Waals surface area contributed by atoms with E-state index in [9.17, 15) is 14.4 Å². The van der Waals surface area contributed by atoms with Crippen molar-refractivity contribution in [2.45, 2.75) is 26.8 Å². The van der Waals surface area contributed by atoms with E-state index in [0.717, 1.165) is 22.5 Å². The molecule has 3 aromatic rings. The number of nitrogens with zero attached hydrogens (tertiary/aromatic N) is 5. The van der Waals surface area contributed by atoms with Crippen molar-refractivity contribution in [1.82, 2.24) is 19.8 Å². The predicted molar refractivity (Wildman–Crippen MR) is 124 cm³/mol. The molecule has 0 saturated carbocycles. The molecule has 3 amide bonds. The maximum atomic E-state index is 13.2.